The minimum atomic E-state index is -0.634. The first kappa shape index (κ1) is 15.4. The molecule has 0 radical (unpaired) electrons. The Kier molecular flexibility index (Phi) is 4.36. The smallest absolute Gasteiger partial charge is 0.309 e. The number of nitrogens with zero attached hydrogens (tertiary/aromatic N) is 2. The summed E-state index contributed by atoms with van der Waals surface area (Å²) in [6, 6.07) is 5.27. The number of carbonyl (C=O) groups is 2. The molecule has 1 saturated carbocycles. The van der Waals surface area contributed by atoms with Crippen LogP contribution in [0.2, 0.25) is 0 Å². The monoisotopic (exact) mass is 303 g/mol. The molecule has 1 aromatic carbocycles. The zero-order chi connectivity index (χ0) is 16.3. The van der Waals surface area contributed by atoms with Crippen molar-refractivity contribution in [1.82, 2.24) is 0 Å². The zero-order valence-corrected chi connectivity index (χ0v) is 11.7. The summed E-state index contributed by atoms with van der Waals surface area (Å²) in [6.07, 6.45) is 0.765. The van der Waals surface area contributed by atoms with E-state index in [-0.39, 0.29) is 28.8 Å². The van der Waals surface area contributed by atoms with Crippen molar-refractivity contribution in [2.24, 2.45) is 11.8 Å². The first-order valence-corrected chi connectivity index (χ1v) is 6.57. The van der Waals surface area contributed by atoms with Crippen molar-refractivity contribution in [3.63, 3.8) is 0 Å². The minimum absolute atomic E-state index is 0.0373. The van der Waals surface area contributed by atoms with E-state index in [1.807, 2.05) is 6.92 Å². The van der Waals surface area contributed by atoms with Crippen LogP contribution in [0.4, 0.5) is 11.4 Å². The van der Waals surface area contributed by atoms with Gasteiger partial charge in [0, 0.05) is 12.1 Å². The van der Waals surface area contributed by atoms with Crippen LogP contribution in [0.3, 0.4) is 0 Å². The number of nitrogens with one attached hydrogen (secondary N) is 1. The Morgan fingerprint density at radius 3 is 2.77 bits per heavy atom. The minimum Gasteiger partial charge on any atom is -0.455 e. The van der Waals surface area contributed by atoms with Gasteiger partial charge in [-0.15, -0.1) is 0 Å². The molecule has 0 spiro atoms. The highest BCUT2D eigenvalue weighted by Gasteiger charge is 2.40. The van der Waals surface area contributed by atoms with Gasteiger partial charge in [0.05, 0.1) is 22.1 Å². The Hall–Kier alpha value is -2.95. The van der Waals surface area contributed by atoms with Gasteiger partial charge in [0.2, 0.25) is 0 Å². The second-order valence-electron chi connectivity index (χ2n) is 5.07. The number of benzene rings is 1. The fourth-order valence-corrected chi connectivity index (χ4v) is 1.93. The van der Waals surface area contributed by atoms with Crippen LogP contribution in [0.1, 0.15) is 18.9 Å². The summed E-state index contributed by atoms with van der Waals surface area (Å²) in [5.74, 6) is -0.865. The van der Waals surface area contributed by atoms with Crippen molar-refractivity contribution in [1.29, 1.82) is 5.26 Å². The lowest BCUT2D eigenvalue weighted by molar-refractivity contribution is -0.384. The summed E-state index contributed by atoms with van der Waals surface area (Å²) in [4.78, 5) is 33.2. The highest BCUT2D eigenvalue weighted by Crippen LogP contribution is 2.38. The molecule has 1 fully saturated rings. The van der Waals surface area contributed by atoms with Gasteiger partial charge >= 0.3 is 5.97 Å². The van der Waals surface area contributed by atoms with Gasteiger partial charge in [-0.05, 0) is 18.4 Å². The number of ether oxygens (including phenoxy) is 1. The molecule has 22 heavy (non-hydrogen) atoms. The number of esters is 1. The number of hydrogen-bond acceptors (Lipinski definition) is 6. The molecule has 0 bridgehead atoms. The van der Waals surface area contributed by atoms with E-state index < -0.39 is 23.4 Å². The van der Waals surface area contributed by atoms with Crippen molar-refractivity contribution in [3.8, 4) is 6.07 Å². The predicted molar refractivity (Wildman–Crippen MR) is 74.7 cm³/mol. The van der Waals surface area contributed by atoms with E-state index in [0.717, 1.165) is 12.5 Å². The van der Waals surface area contributed by atoms with Crippen LogP contribution in [0.25, 0.3) is 0 Å². The topological polar surface area (TPSA) is 122 Å². The predicted octanol–water partition coefficient (Wildman–Crippen LogP) is 1.60. The SMILES string of the molecule is C[C@@H]1C[C@H]1C(=O)OCC(=O)Nc1ccc([N+](=O)[O-])cc1C#N. The molecular weight excluding hydrogens is 290 g/mol. The van der Waals surface area contributed by atoms with Gasteiger partial charge in [0.15, 0.2) is 6.61 Å². The van der Waals surface area contributed by atoms with Crippen molar-refractivity contribution in [2.45, 2.75) is 13.3 Å². The average molecular weight is 303 g/mol. The Morgan fingerprint density at radius 2 is 2.23 bits per heavy atom. The van der Waals surface area contributed by atoms with Crippen molar-refractivity contribution < 1.29 is 19.2 Å². The molecule has 8 heteroatoms. The van der Waals surface area contributed by atoms with Gasteiger partial charge < -0.3 is 10.1 Å². The second kappa shape index (κ2) is 6.22. The van der Waals surface area contributed by atoms with E-state index in [9.17, 15) is 19.7 Å². The maximum Gasteiger partial charge on any atom is 0.309 e. The van der Waals surface area contributed by atoms with E-state index in [0.29, 0.717) is 0 Å². The number of hydrogen-bond donors (Lipinski definition) is 1. The van der Waals surface area contributed by atoms with Gasteiger partial charge in [-0.1, -0.05) is 6.92 Å². The number of amides is 1. The van der Waals surface area contributed by atoms with E-state index >= 15 is 0 Å². The molecule has 1 aromatic rings. The molecule has 2 rings (SSSR count). The number of nitro groups is 1. The Morgan fingerprint density at radius 1 is 1.55 bits per heavy atom. The van der Waals surface area contributed by atoms with Crippen LogP contribution in [0.5, 0.6) is 0 Å². The number of rotatable bonds is 5. The molecule has 0 saturated heterocycles. The summed E-state index contributed by atoms with van der Waals surface area (Å²) in [7, 11) is 0. The summed E-state index contributed by atoms with van der Waals surface area (Å²) in [5, 5.41) is 22.0. The number of nitriles is 1. The van der Waals surface area contributed by atoms with Gasteiger partial charge in [0.25, 0.3) is 11.6 Å². The number of non-ortho nitro benzene ring substituents is 1. The number of carbonyl (C=O) groups excluding carboxylic acids is 2. The summed E-state index contributed by atoms with van der Waals surface area (Å²) >= 11 is 0. The van der Waals surface area contributed by atoms with Crippen LogP contribution in [-0.4, -0.2) is 23.4 Å². The molecule has 2 atom stereocenters. The molecule has 1 aliphatic rings. The molecule has 0 aromatic heterocycles. The number of nitro benzene ring substituents is 1. The number of anilines is 1. The largest absolute Gasteiger partial charge is 0.455 e. The fourth-order valence-electron chi connectivity index (χ4n) is 1.93. The Labute approximate surface area is 125 Å². The van der Waals surface area contributed by atoms with Crippen LogP contribution in [0.15, 0.2) is 18.2 Å². The summed E-state index contributed by atoms with van der Waals surface area (Å²) in [5.41, 5.74) is -0.151. The van der Waals surface area contributed by atoms with Crippen molar-refractivity contribution >= 4 is 23.3 Å². The third kappa shape index (κ3) is 3.58. The molecule has 1 N–H and O–H groups in total. The maximum absolute atomic E-state index is 11.7. The lowest BCUT2D eigenvalue weighted by Crippen LogP contribution is -2.22. The molecule has 1 amide bonds. The normalized spacial score (nSPS) is 18.9. The first-order valence-electron chi connectivity index (χ1n) is 6.57. The van der Waals surface area contributed by atoms with E-state index in [4.69, 9.17) is 10.00 Å². The van der Waals surface area contributed by atoms with E-state index in [1.165, 1.54) is 12.1 Å². The van der Waals surface area contributed by atoms with Crippen LogP contribution >= 0.6 is 0 Å². The lowest BCUT2D eigenvalue weighted by Gasteiger charge is -2.07. The molecule has 0 unspecified atom stereocenters. The molecule has 0 aliphatic heterocycles. The van der Waals surface area contributed by atoms with Gasteiger partial charge in [-0.2, -0.15) is 5.26 Å². The van der Waals surface area contributed by atoms with Crippen molar-refractivity contribution in [2.75, 3.05) is 11.9 Å². The summed E-state index contributed by atoms with van der Waals surface area (Å²) in [6.45, 7) is 1.46. The Bertz CT molecular complexity index is 680. The maximum atomic E-state index is 11.7. The average Bonchev–Trinajstić information content (AvgIpc) is 3.22. The van der Waals surface area contributed by atoms with Crippen LogP contribution < -0.4 is 5.32 Å². The van der Waals surface area contributed by atoms with Gasteiger partial charge in [0.1, 0.15) is 6.07 Å². The first-order chi connectivity index (χ1) is 10.4. The van der Waals surface area contributed by atoms with E-state index in [1.54, 1.807) is 6.07 Å². The third-order valence-electron chi connectivity index (χ3n) is 3.37. The van der Waals surface area contributed by atoms with Crippen molar-refractivity contribution in [3.05, 3.63) is 33.9 Å². The molecule has 114 valence electrons. The molecular formula is C14H13N3O5. The van der Waals surface area contributed by atoms with Crippen LogP contribution in [0, 0.1) is 33.3 Å². The van der Waals surface area contributed by atoms with Gasteiger partial charge in [-0.3, -0.25) is 19.7 Å². The summed E-state index contributed by atoms with van der Waals surface area (Å²) < 4.78 is 4.86. The van der Waals surface area contributed by atoms with E-state index in [2.05, 4.69) is 5.32 Å². The zero-order valence-electron chi connectivity index (χ0n) is 11.7. The third-order valence-corrected chi connectivity index (χ3v) is 3.37. The van der Waals surface area contributed by atoms with Gasteiger partial charge in [-0.25, -0.2) is 0 Å². The molecule has 1 aliphatic carbocycles. The molecule has 8 nitrogen and oxygen atoms in total. The molecule has 0 heterocycles. The highest BCUT2D eigenvalue weighted by atomic mass is 16.6. The standard InChI is InChI=1S/C14H13N3O5/c1-8-4-11(8)14(19)22-7-13(18)16-12-3-2-10(17(20)21)5-9(12)6-15/h2-3,5,8,11H,4,7H2,1H3,(H,16,18)/t8-,11-/m1/s1. The lowest BCUT2D eigenvalue weighted by atomic mass is 10.1. The fraction of sp³-hybridized carbons (Fsp3) is 0.357. The quantitative estimate of drug-likeness (QED) is 0.501. The Balaban J connectivity index is 1.95. The highest BCUT2D eigenvalue weighted by molar-refractivity contribution is 5.94. The van der Waals surface area contributed by atoms with Crippen LogP contribution in [-0.2, 0) is 14.3 Å². The second-order valence-corrected chi connectivity index (χ2v) is 5.07.